The summed E-state index contributed by atoms with van der Waals surface area (Å²) in [5.74, 6) is 0. The summed E-state index contributed by atoms with van der Waals surface area (Å²) in [6.07, 6.45) is 2.30. The van der Waals surface area contributed by atoms with Crippen molar-refractivity contribution in [2.24, 2.45) is 0 Å². The molecule has 0 aromatic carbocycles. The molecule has 2 nitrogen and oxygen atoms in total. The predicted molar refractivity (Wildman–Crippen MR) is 67.5 cm³/mol. The molecular formula is C9H20BrClO2Si. The molecule has 0 saturated heterocycles. The Kier molecular flexibility index (Phi) is 8.63. The average molecular weight is 304 g/mol. The van der Waals surface area contributed by atoms with Crippen LogP contribution in [0.3, 0.4) is 0 Å². The van der Waals surface area contributed by atoms with Crippen LogP contribution in [-0.2, 0) is 8.85 Å². The van der Waals surface area contributed by atoms with Crippen LogP contribution in [0, 0.1) is 0 Å². The fraction of sp³-hybridized carbons (Fsp3) is 1.00. The first-order chi connectivity index (χ1) is 6.54. The lowest BCUT2D eigenvalue weighted by Gasteiger charge is -2.27. The number of rotatable bonds is 8. The summed E-state index contributed by atoms with van der Waals surface area (Å²) >= 11 is 9.25. The van der Waals surface area contributed by atoms with Gasteiger partial charge in [-0.25, -0.2) is 0 Å². The zero-order chi connectivity index (χ0) is 11.0. The van der Waals surface area contributed by atoms with Crippen molar-refractivity contribution in [1.29, 1.82) is 0 Å². The molecular weight excluding hydrogens is 284 g/mol. The molecule has 0 aliphatic heterocycles. The quantitative estimate of drug-likeness (QED) is 0.385. The van der Waals surface area contributed by atoms with Crippen LogP contribution in [0.5, 0.6) is 0 Å². The van der Waals surface area contributed by atoms with Gasteiger partial charge in [0.05, 0.1) is 0 Å². The Bertz CT molecular complexity index is 149. The number of hydrogen-bond donors (Lipinski definition) is 0. The Morgan fingerprint density at radius 1 is 1.43 bits per heavy atom. The Labute approximate surface area is 102 Å². The van der Waals surface area contributed by atoms with Crippen molar-refractivity contribution in [3.63, 3.8) is 0 Å². The third-order valence-electron chi connectivity index (χ3n) is 1.88. The first-order valence-corrected chi connectivity index (χ1v) is 9.14. The molecule has 0 aliphatic rings. The van der Waals surface area contributed by atoms with Gasteiger partial charge >= 0.3 is 8.56 Å². The molecule has 86 valence electrons. The highest BCUT2D eigenvalue weighted by Crippen LogP contribution is 2.20. The molecule has 0 aromatic heterocycles. The van der Waals surface area contributed by atoms with E-state index in [2.05, 4.69) is 22.5 Å². The fourth-order valence-corrected chi connectivity index (χ4v) is 4.84. The second-order valence-corrected chi connectivity index (χ2v) is 8.07. The lowest BCUT2D eigenvalue weighted by molar-refractivity contribution is 0.170. The van der Waals surface area contributed by atoms with E-state index in [9.17, 15) is 0 Å². The van der Waals surface area contributed by atoms with E-state index in [0.717, 1.165) is 24.2 Å². The molecule has 0 N–H and O–H groups in total. The summed E-state index contributed by atoms with van der Waals surface area (Å²) in [5, 5.41) is 1.04. The summed E-state index contributed by atoms with van der Waals surface area (Å²) < 4.78 is 11.4. The maximum atomic E-state index is 5.83. The number of hydrogen-bond acceptors (Lipinski definition) is 2. The highest BCUT2D eigenvalue weighted by atomic mass is 79.9. The summed E-state index contributed by atoms with van der Waals surface area (Å²) in [7, 11) is -2.00. The van der Waals surface area contributed by atoms with Gasteiger partial charge in [-0.1, -0.05) is 34.0 Å². The average Bonchev–Trinajstić information content (AvgIpc) is 2.03. The normalized spacial score (nSPS) is 17.8. The standard InChI is InChI=1S/C9H20BrClO2Si/c1-4-12-14(3,13-9(2)11)8-6-5-7-10/h9H,4-8H2,1-3H3. The molecule has 2 atom stereocenters. The van der Waals surface area contributed by atoms with Gasteiger partial charge in [0.15, 0.2) is 0 Å². The van der Waals surface area contributed by atoms with E-state index in [1.165, 1.54) is 0 Å². The molecule has 0 heterocycles. The molecule has 0 saturated carbocycles. The van der Waals surface area contributed by atoms with Gasteiger partial charge in [-0.3, -0.25) is 0 Å². The third kappa shape index (κ3) is 7.23. The van der Waals surface area contributed by atoms with E-state index in [-0.39, 0.29) is 5.56 Å². The van der Waals surface area contributed by atoms with Gasteiger partial charge in [0.2, 0.25) is 0 Å². The zero-order valence-corrected chi connectivity index (χ0v) is 12.5. The fourth-order valence-electron chi connectivity index (χ4n) is 1.35. The number of halogens is 2. The van der Waals surface area contributed by atoms with Crippen LogP contribution >= 0.6 is 27.5 Å². The highest BCUT2D eigenvalue weighted by molar-refractivity contribution is 9.09. The Balaban J connectivity index is 3.95. The van der Waals surface area contributed by atoms with Crippen LogP contribution in [0.1, 0.15) is 26.7 Å². The minimum Gasteiger partial charge on any atom is -0.395 e. The molecule has 0 amide bonds. The molecule has 2 unspecified atom stereocenters. The maximum absolute atomic E-state index is 5.83. The molecule has 0 rings (SSSR count). The van der Waals surface area contributed by atoms with E-state index < -0.39 is 8.56 Å². The Morgan fingerprint density at radius 3 is 2.50 bits per heavy atom. The van der Waals surface area contributed by atoms with Gasteiger partial charge < -0.3 is 8.85 Å². The van der Waals surface area contributed by atoms with Gasteiger partial charge in [-0.2, -0.15) is 0 Å². The largest absolute Gasteiger partial charge is 0.395 e. The second kappa shape index (κ2) is 8.10. The Morgan fingerprint density at radius 2 is 2.07 bits per heavy atom. The summed E-state index contributed by atoms with van der Waals surface area (Å²) in [4.78, 5) is 0. The summed E-state index contributed by atoms with van der Waals surface area (Å²) in [6.45, 7) is 6.64. The Hall–Kier alpha value is 0.907. The first-order valence-electron chi connectivity index (χ1n) is 5.06. The summed E-state index contributed by atoms with van der Waals surface area (Å²) in [6, 6.07) is 1.02. The number of alkyl halides is 2. The predicted octanol–water partition coefficient (Wildman–Crippen LogP) is 3.87. The van der Waals surface area contributed by atoms with E-state index in [1.807, 2.05) is 13.8 Å². The molecule has 5 heteroatoms. The monoisotopic (exact) mass is 302 g/mol. The minimum atomic E-state index is -2.00. The minimum absolute atomic E-state index is 0.248. The van der Waals surface area contributed by atoms with E-state index in [0.29, 0.717) is 6.61 Å². The van der Waals surface area contributed by atoms with Crippen molar-refractivity contribution in [2.75, 3.05) is 11.9 Å². The molecule has 0 fully saturated rings. The van der Waals surface area contributed by atoms with Gasteiger partial charge in [-0.15, -0.1) is 0 Å². The molecule has 0 spiro atoms. The maximum Gasteiger partial charge on any atom is 0.336 e. The summed E-state index contributed by atoms with van der Waals surface area (Å²) in [5.41, 5.74) is -0.248. The van der Waals surface area contributed by atoms with Crippen molar-refractivity contribution in [3.8, 4) is 0 Å². The molecule has 14 heavy (non-hydrogen) atoms. The highest BCUT2D eigenvalue weighted by Gasteiger charge is 2.31. The van der Waals surface area contributed by atoms with Crippen LogP contribution in [0.25, 0.3) is 0 Å². The van der Waals surface area contributed by atoms with E-state index in [1.54, 1.807) is 0 Å². The van der Waals surface area contributed by atoms with Crippen molar-refractivity contribution >= 4 is 36.1 Å². The SMILES string of the molecule is CCO[Si](C)(CCCCBr)OC(C)Cl. The van der Waals surface area contributed by atoms with Crippen LogP contribution in [0.15, 0.2) is 0 Å². The van der Waals surface area contributed by atoms with Crippen molar-refractivity contribution in [3.05, 3.63) is 0 Å². The van der Waals surface area contributed by atoms with Crippen LogP contribution in [0.2, 0.25) is 12.6 Å². The van der Waals surface area contributed by atoms with Crippen molar-refractivity contribution < 1.29 is 8.85 Å². The molecule has 0 radical (unpaired) electrons. The third-order valence-corrected chi connectivity index (χ3v) is 5.69. The van der Waals surface area contributed by atoms with Gasteiger partial charge in [0.1, 0.15) is 5.56 Å². The molecule has 0 aromatic rings. The second-order valence-electron chi connectivity index (χ2n) is 3.37. The van der Waals surface area contributed by atoms with E-state index >= 15 is 0 Å². The number of unbranched alkanes of at least 4 members (excludes halogenated alkanes) is 1. The lowest BCUT2D eigenvalue weighted by Crippen LogP contribution is -2.40. The molecule has 0 aliphatic carbocycles. The zero-order valence-electron chi connectivity index (χ0n) is 9.19. The van der Waals surface area contributed by atoms with Crippen LogP contribution in [0.4, 0.5) is 0 Å². The van der Waals surface area contributed by atoms with Crippen LogP contribution in [-0.4, -0.2) is 26.1 Å². The first kappa shape index (κ1) is 14.9. The van der Waals surface area contributed by atoms with E-state index in [4.69, 9.17) is 20.5 Å². The van der Waals surface area contributed by atoms with Crippen molar-refractivity contribution in [2.45, 2.75) is 44.8 Å². The van der Waals surface area contributed by atoms with Crippen molar-refractivity contribution in [1.82, 2.24) is 0 Å². The topological polar surface area (TPSA) is 18.5 Å². The smallest absolute Gasteiger partial charge is 0.336 e. The van der Waals surface area contributed by atoms with Gasteiger partial charge in [0, 0.05) is 11.9 Å². The lowest BCUT2D eigenvalue weighted by atomic mass is 10.4. The van der Waals surface area contributed by atoms with Gasteiger partial charge in [-0.05, 0) is 32.9 Å². The molecule has 0 bridgehead atoms. The van der Waals surface area contributed by atoms with Gasteiger partial charge in [0.25, 0.3) is 0 Å². The van der Waals surface area contributed by atoms with Crippen LogP contribution < -0.4 is 0 Å².